The van der Waals surface area contributed by atoms with Crippen molar-refractivity contribution in [3.05, 3.63) is 34.9 Å². The van der Waals surface area contributed by atoms with E-state index in [9.17, 15) is 4.79 Å². The van der Waals surface area contributed by atoms with Gasteiger partial charge in [-0.05, 0) is 23.6 Å². The van der Waals surface area contributed by atoms with Crippen LogP contribution in [0.4, 0.5) is 0 Å². The minimum absolute atomic E-state index is 0.0157. The van der Waals surface area contributed by atoms with Crippen molar-refractivity contribution in [1.29, 1.82) is 0 Å². The fourth-order valence-corrected chi connectivity index (χ4v) is 1.49. The van der Waals surface area contributed by atoms with Gasteiger partial charge in [-0.15, -0.1) is 11.6 Å². The molecule has 1 amide bonds. The molecule has 1 N–H and O–H groups in total. The first-order valence-electron chi connectivity index (χ1n) is 4.52. The van der Waals surface area contributed by atoms with Crippen LogP contribution in [0.5, 0.6) is 0 Å². The molecule has 0 atom stereocenters. The molecule has 1 aromatic rings. The highest BCUT2D eigenvalue weighted by Gasteiger charge is 1.99. The van der Waals surface area contributed by atoms with Crippen LogP contribution in [0.25, 0.3) is 0 Å². The molecule has 14 heavy (non-hydrogen) atoms. The quantitative estimate of drug-likeness (QED) is 0.765. The molecule has 0 aromatic heterocycles. The number of carbonyl (C=O) groups is 1. The SMILES string of the molecule is CC(=O)NCc1ccc(C)c(CCl)c1. The van der Waals surface area contributed by atoms with Crippen LogP contribution in [0.1, 0.15) is 23.6 Å². The Balaban J connectivity index is 2.74. The maximum absolute atomic E-state index is 10.7. The molecule has 0 bridgehead atoms. The van der Waals surface area contributed by atoms with Crippen LogP contribution < -0.4 is 5.32 Å². The average Bonchev–Trinajstić information content (AvgIpc) is 2.16. The zero-order valence-electron chi connectivity index (χ0n) is 8.43. The number of nitrogens with one attached hydrogen (secondary N) is 1. The molecule has 2 nitrogen and oxygen atoms in total. The van der Waals surface area contributed by atoms with Crippen LogP contribution in [0, 0.1) is 6.92 Å². The van der Waals surface area contributed by atoms with Crippen molar-refractivity contribution in [2.24, 2.45) is 0 Å². The van der Waals surface area contributed by atoms with Crippen molar-refractivity contribution in [3.63, 3.8) is 0 Å². The lowest BCUT2D eigenvalue weighted by atomic mass is 10.1. The Morgan fingerprint density at radius 3 is 2.79 bits per heavy atom. The highest BCUT2D eigenvalue weighted by molar-refractivity contribution is 6.17. The lowest BCUT2D eigenvalue weighted by Crippen LogP contribution is -2.18. The Hall–Kier alpha value is -1.02. The van der Waals surface area contributed by atoms with Crippen LogP contribution in [0.15, 0.2) is 18.2 Å². The van der Waals surface area contributed by atoms with Gasteiger partial charge < -0.3 is 5.32 Å². The highest BCUT2D eigenvalue weighted by atomic mass is 35.5. The predicted octanol–water partition coefficient (Wildman–Crippen LogP) is 2.37. The van der Waals surface area contributed by atoms with Gasteiger partial charge in [-0.2, -0.15) is 0 Å². The predicted molar refractivity (Wildman–Crippen MR) is 58.3 cm³/mol. The number of rotatable bonds is 3. The second-order valence-corrected chi connectivity index (χ2v) is 3.57. The van der Waals surface area contributed by atoms with Crippen molar-refractivity contribution in [3.8, 4) is 0 Å². The lowest BCUT2D eigenvalue weighted by molar-refractivity contribution is -0.119. The number of hydrogen-bond acceptors (Lipinski definition) is 1. The molecule has 76 valence electrons. The van der Waals surface area contributed by atoms with Crippen molar-refractivity contribution < 1.29 is 4.79 Å². The van der Waals surface area contributed by atoms with Gasteiger partial charge >= 0.3 is 0 Å². The first kappa shape index (κ1) is 11.1. The molecule has 0 saturated carbocycles. The third-order valence-electron chi connectivity index (χ3n) is 2.10. The first-order valence-corrected chi connectivity index (χ1v) is 5.05. The Morgan fingerprint density at radius 1 is 1.50 bits per heavy atom. The molecular formula is C11H14ClNO. The van der Waals surface area contributed by atoms with Crippen molar-refractivity contribution in [2.45, 2.75) is 26.3 Å². The normalized spacial score (nSPS) is 9.93. The van der Waals surface area contributed by atoms with Gasteiger partial charge in [0.05, 0.1) is 0 Å². The van der Waals surface area contributed by atoms with Crippen LogP contribution in [0.2, 0.25) is 0 Å². The standard InChI is InChI=1S/C11H14ClNO/c1-8-3-4-10(5-11(8)6-12)7-13-9(2)14/h3-5H,6-7H2,1-2H3,(H,13,14). The van der Waals surface area contributed by atoms with E-state index in [-0.39, 0.29) is 5.91 Å². The van der Waals surface area contributed by atoms with E-state index in [1.165, 1.54) is 12.5 Å². The van der Waals surface area contributed by atoms with Gasteiger partial charge in [-0.1, -0.05) is 18.2 Å². The minimum Gasteiger partial charge on any atom is -0.352 e. The van der Waals surface area contributed by atoms with E-state index >= 15 is 0 Å². The summed E-state index contributed by atoms with van der Waals surface area (Å²) < 4.78 is 0. The average molecular weight is 212 g/mol. The fourth-order valence-electron chi connectivity index (χ4n) is 1.21. The third kappa shape index (κ3) is 3.04. The minimum atomic E-state index is -0.0157. The third-order valence-corrected chi connectivity index (χ3v) is 2.39. The molecule has 0 spiro atoms. The van der Waals surface area contributed by atoms with Crippen molar-refractivity contribution >= 4 is 17.5 Å². The summed E-state index contributed by atoms with van der Waals surface area (Å²) in [6.45, 7) is 4.11. The van der Waals surface area contributed by atoms with Gasteiger partial charge in [-0.3, -0.25) is 4.79 Å². The molecule has 0 fully saturated rings. The fraction of sp³-hybridized carbons (Fsp3) is 0.364. The summed E-state index contributed by atoms with van der Waals surface area (Å²) in [6.07, 6.45) is 0. The molecular weight excluding hydrogens is 198 g/mol. The van der Waals surface area contributed by atoms with E-state index in [0.29, 0.717) is 12.4 Å². The number of hydrogen-bond donors (Lipinski definition) is 1. The molecule has 0 unspecified atom stereocenters. The van der Waals surface area contributed by atoms with Crippen LogP contribution in [-0.2, 0) is 17.2 Å². The van der Waals surface area contributed by atoms with Crippen LogP contribution in [-0.4, -0.2) is 5.91 Å². The van der Waals surface area contributed by atoms with E-state index < -0.39 is 0 Å². The summed E-state index contributed by atoms with van der Waals surface area (Å²) in [7, 11) is 0. The Labute approximate surface area is 89.3 Å². The lowest BCUT2D eigenvalue weighted by Gasteiger charge is -2.06. The maximum Gasteiger partial charge on any atom is 0.217 e. The van der Waals surface area contributed by atoms with Gasteiger partial charge in [0.1, 0.15) is 0 Å². The largest absolute Gasteiger partial charge is 0.352 e. The summed E-state index contributed by atoms with van der Waals surface area (Å²) in [4.78, 5) is 10.7. The first-order chi connectivity index (χ1) is 6.63. The second kappa shape index (κ2) is 5.01. The van der Waals surface area contributed by atoms with E-state index in [1.807, 2.05) is 25.1 Å². The zero-order valence-corrected chi connectivity index (χ0v) is 9.19. The summed E-state index contributed by atoms with van der Waals surface area (Å²) >= 11 is 5.78. The van der Waals surface area contributed by atoms with E-state index in [0.717, 1.165) is 11.1 Å². The monoisotopic (exact) mass is 211 g/mol. The number of aryl methyl sites for hydroxylation is 1. The molecule has 0 saturated heterocycles. The van der Waals surface area contributed by atoms with Crippen molar-refractivity contribution in [1.82, 2.24) is 5.32 Å². The van der Waals surface area contributed by atoms with Gasteiger partial charge in [0.15, 0.2) is 0 Å². The van der Waals surface area contributed by atoms with Gasteiger partial charge in [-0.25, -0.2) is 0 Å². The number of amides is 1. The molecule has 1 aromatic carbocycles. The molecule has 0 aliphatic rings. The molecule has 0 radical (unpaired) electrons. The zero-order chi connectivity index (χ0) is 10.6. The van der Waals surface area contributed by atoms with Gasteiger partial charge in [0.25, 0.3) is 0 Å². The number of carbonyl (C=O) groups excluding carboxylic acids is 1. The highest BCUT2D eigenvalue weighted by Crippen LogP contribution is 2.13. The molecule has 1 rings (SSSR count). The number of alkyl halides is 1. The van der Waals surface area contributed by atoms with E-state index in [4.69, 9.17) is 11.6 Å². The number of benzene rings is 1. The summed E-state index contributed by atoms with van der Waals surface area (Å²) in [5, 5.41) is 2.75. The van der Waals surface area contributed by atoms with Crippen molar-refractivity contribution in [2.75, 3.05) is 0 Å². The molecule has 0 aliphatic heterocycles. The summed E-state index contributed by atoms with van der Waals surface area (Å²) in [6, 6.07) is 6.05. The topological polar surface area (TPSA) is 29.1 Å². The van der Waals surface area contributed by atoms with Gasteiger partial charge in [0, 0.05) is 19.3 Å². The summed E-state index contributed by atoms with van der Waals surface area (Å²) in [5.41, 5.74) is 3.39. The van der Waals surface area contributed by atoms with Gasteiger partial charge in [0.2, 0.25) is 5.91 Å². The Kier molecular flexibility index (Phi) is 3.96. The number of halogens is 1. The van der Waals surface area contributed by atoms with E-state index in [2.05, 4.69) is 5.32 Å². The van der Waals surface area contributed by atoms with Crippen LogP contribution in [0.3, 0.4) is 0 Å². The molecule has 3 heteroatoms. The second-order valence-electron chi connectivity index (χ2n) is 3.30. The van der Waals surface area contributed by atoms with E-state index in [1.54, 1.807) is 0 Å². The Morgan fingerprint density at radius 2 is 2.21 bits per heavy atom. The molecule has 0 heterocycles. The smallest absolute Gasteiger partial charge is 0.217 e. The summed E-state index contributed by atoms with van der Waals surface area (Å²) in [5.74, 6) is 0.498. The Bertz CT molecular complexity index is 336. The molecule has 0 aliphatic carbocycles. The van der Waals surface area contributed by atoms with Crippen LogP contribution >= 0.6 is 11.6 Å². The maximum atomic E-state index is 10.7.